The highest BCUT2D eigenvalue weighted by Gasteiger charge is 2.42. The Bertz CT molecular complexity index is 445. The van der Waals surface area contributed by atoms with Gasteiger partial charge in [0, 0.05) is 26.2 Å². The van der Waals surface area contributed by atoms with Gasteiger partial charge in [0.25, 0.3) is 0 Å². The molecule has 0 aromatic rings. The molecule has 0 saturated carbocycles. The fourth-order valence-corrected chi connectivity index (χ4v) is 3.22. The standard InChI is InChI=1S/C15H20F2N4O/c1-18-7-13(20-5-3-11(16)9-20)15(22)14(8-19-2)21-6-4-12(17)10-21/h11-14H,3-10H2/t11-,12-,13?,14?/m0/s1. The Morgan fingerprint density at radius 3 is 1.68 bits per heavy atom. The molecule has 22 heavy (non-hydrogen) atoms. The van der Waals surface area contributed by atoms with Crippen molar-refractivity contribution in [2.24, 2.45) is 0 Å². The first-order valence-electron chi connectivity index (χ1n) is 7.53. The van der Waals surface area contributed by atoms with E-state index in [4.69, 9.17) is 13.1 Å². The molecule has 0 bridgehead atoms. The van der Waals surface area contributed by atoms with Crippen LogP contribution in [0.15, 0.2) is 0 Å². The molecule has 0 amide bonds. The van der Waals surface area contributed by atoms with Gasteiger partial charge < -0.3 is 9.69 Å². The van der Waals surface area contributed by atoms with Crippen LogP contribution < -0.4 is 0 Å². The lowest BCUT2D eigenvalue weighted by atomic mass is 10.0. The lowest BCUT2D eigenvalue weighted by Crippen LogP contribution is -2.52. The van der Waals surface area contributed by atoms with E-state index in [0.29, 0.717) is 25.9 Å². The van der Waals surface area contributed by atoms with Gasteiger partial charge in [0.15, 0.2) is 5.78 Å². The summed E-state index contributed by atoms with van der Waals surface area (Å²) < 4.78 is 26.8. The van der Waals surface area contributed by atoms with Crippen LogP contribution in [0, 0.1) is 13.1 Å². The summed E-state index contributed by atoms with van der Waals surface area (Å²) >= 11 is 0. The monoisotopic (exact) mass is 310 g/mol. The fraction of sp³-hybridized carbons (Fsp3) is 0.800. The average molecular weight is 310 g/mol. The minimum Gasteiger partial charge on any atom is -0.315 e. The lowest BCUT2D eigenvalue weighted by Gasteiger charge is -2.28. The maximum absolute atomic E-state index is 13.4. The van der Waals surface area contributed by atoms with Gasteiger partial charge in [0.05, 0.1) is 0 Å². The third-order valence-corrected chi connectivity index (χ3v) is 4.39. The summed E-state index contributed by atoms with van der Waals surface area (Å²) in [6.07, 6.45) is -1.21. The van der Waals surface area contributed by atoms with E-state index in [2.05, 4.69) is 9.69 Å². The van der Waals surface area contributed by atoms with Crippen molar-refractivity contribution in [1.82, 2.24) is 9.80 Å². The molecule has 2 rings (SSSR count). The second kappa shape index (κ2) is 7.62. The van der Waals surface area contributed by atoms with Crippen LogP contribution in [0.3, 0.4) is 0 Å². The minimum atomic E-state index is -0.970. The van der Waals surface area contributed by atoms with Crippen LogP contribution in [0.4, 0.5) is 8.78 Å². The van der Waals surface area contributed by atoms with Gasteiger partial charge in [-0.15, -0.1) is 0 Å². The van der Waals surface area contributed by atoms with Crippen molar-refractivity contribution in [2.45, 2.75) is 37.3 Å². The highest BCUT2D eigenvalue weighted by Crippen LogP contribution is 2.21. The van der Waals surface area contributed by atoms with Crippen molar-refractivity contribution in [3.63, 3.8) is 0 Å². The molecule has 0 spiro atoms. The molecule has 0 N–H and O–H groups in total. The maximum Gasteiger partial charge on any atom is 0.237 e. The van der Waals surface area contributed by atoms with Gasteiger partial charge in [-0.3, -0.25) is 14.6 Å². The summed E-state index contributed by atoms with van der Waals surface area (Å²) in [6.45, 7) is 15.2. The predicted octanol–water partition coefficient (Wildman–Crippen LogP) is 1.22. The molecular formula is C15H20F2N4O. The SMILES string of the molecule is [C-]#[N+]CC(C(=O)C(C[N+]#[C-])N1CC[C@H](F)C1)N1CC[C@H](F)C1. The van der Waals surface area contributed by atoms with Gasteiger partial charge in [-0.1, -0.05) is 0 Å². The highest BCUT2D eigenvalue weighted by molar-refractivity contribution is 5.90. The predicted molar refractivity (Wildman–Crippen MR) is 77.7 cm³/mol. The first-order valence-corrected chi connectivity index (χ1v) is 7.53. The van der Waals surface area contributed by atoms with Gasteiger partial charge in [-0.2, -0.15) is 0 Å². The molecular weight excluding hydrogens is 290 g/mol. The summed E-state index contributed by atoms with van der Waals surface area (Å²) in [5.41, 5.74) is 0. The number of hydrogen-bond acceptors (Lipinski definition) is 3. The Kier molecular flexibility index (Phi) is 5.82. The van der Waals surface area contributed by atoms with Gasteiger partial charge in [0.2, 0.25) is 13.1 Å². The second-order valence-electron chi connectivity index (χ2n) is 5.88. The molecule has 2 saturated heterocycles. The smallest absolute Gasteiger partial charge is 0.237 e. The third kappa shape index (κ3) is 3.79. The number of hydrogen-bond donors (Lipinski definition) is 0. The van der Waals surface area contributed by atoms with Crippen molar-refractivity contribution in [3.8, 4) is 0 Å². The topological polar surface area (TPSA) is 32.3 Å². The zero-order valence-corrected chi connectivity index (χ0v) is 12.4. The van der Waals surface area contributed by atoms with E-state index in [1.165, 1.54) is 0 Å². The van der Waals surface area contributed by atoms with Crippen LogP contribution in [-0.4, -0.2) is 79.3 Å². The Balaban J connectivity index is 2.12. The number of halogens is 2. The van der Waals surface area contributed by atoms with Crippen molar-refractivity contribution in [1.29, 1.82) is 0 Å². The van der Waals surface area contributed by atoms with E-state index in [1.807, 2.05) is 0 Å². The Hall–Kier alpha value is -1.57. The molecule has 4 atom stereocenters. The molecule has 2 aliphatic heterocycles. The van der Waals surface area contributed by atoms with Crippen LogP contribution in [0.1, 0.15) is 12.8 Å². The summed E-state index contributed by atoms with van der Waals surface area (Å²) in [7, 11) is 0. The van der Waals surface area contributed by atoms with E-state index >= 15 is 0 Å². The summed E-state index contributed by atoms with van der Waals surface area (Å²) in [5.74, 6) is -0.241. The molecule has 0 aromatic carbocycles. The van der Waals surface area contributed by atoms with E-state index in [9.17, 15) is 13.6 Å². The Morgan fingerprint density at radius 2 is 1.41 bits per heavy atom. The summed E-state index contributed by atoms with van der Waals surface area (Å²) in [4.78, 5) is 22.8. The number of alkyl halides is 2. The van der Waals surface area contributed by atoms with Crippen molar-refractivity contribution >= 4 is 5.78 Å². The summed E-state index contributed by atoms with van der Waals surface area (Å²) in [5, 5.41) is 0. The molecule has 2 heterocycles. The number of rotatable bonds is 6. The normalized spacial score (nSPS) is 28.9. The minimum absolute atomic E-state index is 0.0348. The number of Topliss-reactive ketones (excluding diaryl/α,β-unsaturated/α-hetero) is 1. The quantitative estimate of drug-likeness (QED) is 0.692. The van der Waals surface area contributed by atoms with Gasteiger partial charge in [-0.05, 0) is 12.8 Å². The van der Waals surface area contributed by atoms with Crippen LogP contribution >= 0.6 is 0 Å². The Morgan fingerprint density at radius 1 is 1.00 bits per heavy atom. The number of carbonyl (C=O) groups is 1. The largest absolute Gasteiger partial charge is 0.315 e. The van der Waals surface area contributed by atoms with Gasteiger partial charge in [0.1, 0.15) is 24.4 Å². The number of likely N-dealkylation sites (tertiary alicyclic amines) is 2. The number of nitrogens with zero attached hydrogens (tertiary/aromatic N) is 4. The molecule has 5 nitrogen and oxygen atoms in total. The number of ketones is 1. The van der Waals surface area contributed by atoms with Crippen LogP contribution in [-0.2, 0) is 4.79 Å². The van der Waals surface area contributed by atoms with E-state index in [0.717, 1.165) is 0 Å². The molecule has 120 valence electrons. The number of carbonyl (C=O) groups excluding carboxylic acids is 1. The fourth-order valence-electron chi connectivity index (χ4n) is 3.22. The van der Waals surface area contributed by atoms with Crippen LogP contribution in [0.25, 0.3) is 9.69 Å². The zero-order valence-electron chi connectivity index (χ0n) is 12.4. The van der Waals surface area contributed by atoms with Gasteiger partial charge in [-0.25, -0.2) is 21.9 Å². The molecule has 0 aliphatic carbocycles. The Labute approximate surface area is 129 Å². The van der Waals surface area contributed by atoms with Crippen molar-refractivity contribution in [3.05, 3.63) is 22.8 Å². The van der Waals surface area contributed by atoms with E-state index < -0.39 is 24.4 Å². The first kappa shape index (κ1) is 16.8. The first-order chi connectivity index (χ1) is 10.6. The average Bonchev–Trinajstić information content (AvgIpc) is 3.10. The maximum atomic E-state index is 13.4. The molecule has 7 heteroatoms. The third-order valence-electron chi connectivity index (χ3n) is 4.39. The molecule has 2 fully saturated rings. The zero-order chi connectivity index (χ0) is 16.1. The van der Waals surface area contributed by atoms with E-state index in [-0.39, 0.29) is 32.0 Å². The second-order valence-corrected chi connectivity index (χ2v) is 5.88. The van der Waals surface area contributed by atoms with Crippen LogP contribution in [0.2, 0.25) is 0 Å². The molecule has 0 aromatic heterocycles. The van der Waals surface area contributed by atoms with Crippen LogP contribution in [0.5, 0.6) is 0 Å². The summed E-state index contributed by atoms with van der Waals surface area (Å²) in [6, 6.07) is -1.38. The van der Waals surface area contributed by atoms with E-state index in [1.54, 1.807) is 9.80 Å². The highest BCUT2D eigenvalue weighted by atomic mass is 19.1. The lowest BCUT2D eigenvalue weighted by molar-refractivity contribution is -0.128. The molecule has 2 aliphatic rings. The molecule has 0 radical (unpaired) electrons. The van der Waals surface area contributed by atoms with Gasteiger partial charge >= 0.3 is 0 Å². The van der Waals surface area contributed by atoms with Crippen molar-refractivity contribution < 1.29 is 13.6 Å². The van der Waals surface area contributed by atoms with Crippen molar-refractivity contribution in [2.75, 3.05) is 39.3 Å². The molecule has 2 unspecified atom stereocenters.